The van der Waals surface area contributed by atoms with Gasteiger partial charge in [-0.2, -0.15) is 0 Å². The van der Waals surface area contributed by atoms with Gasteiger partial charge in [0.2, 0.25) is 23.5 Å². The predicted molar refractivity (Wildman–Crippen MR) is 164 cm³/mol. The van der Waals surface area contributed by atoms with Gasteiger partial charge >= 0.3 is 0 Å². The molecule has 0 radical (unpaired) electrons. The summed E-state index contributed by atoms with van der Waals surface area (Å²) in [5.74, 6) is -0.963. The first kappa shape index (κ1) is 34.5. The number of amides is 4. The molecule has 3 atom stereocenters. The average molecular weight is 609 g/mol. The fourth-order valence-corrected chi connectivity index (χ4v) is 7.35. The monoisotopic (exact) mass is 608 g/mol. The van der Waals surface area contributed by atoms with Crippen molar-refractivity contribution in [1.82, 2.24) is 21.3 Å². The molecule has 0 aromatic heterocycles. The zero-order valence-corrected chi connectivity index (χ0v) is 26.1. The highest BCUT2D eigenvalue weighted by Crippen LogP contribution is 2.39. The van der Waals surface area contributed by atoms with Crippen LogP contribution in [0.1, 0.15) is 64.9 Å². The lowest BCUT2D eigenvalue weighted by molar-refractivity contribution is -0.140. The zero-order valence-electron chi connectivity index (χ0n) is 24.5. The Bertz CT molecular complexity index is 1020. The Hall–Kier alpha value is -2.73. The van der Waals surface area contributed by atoms with Crippen LogP contribution in [-0.4, -0.2) is 72.7 Å². The van der Waals surface area contributed by atoms with E-state index in [2.05, 4.69) is 21.3 Å². The first-order valence-electron chi connectivity index (χ1n) is 14.2. The fraction of sp³-hybridized carbons (Fsp3) is 0.621. The van der Waals surface area contributed by atoms with Crippen LogP contribution in [0.15, 0.2) is 24.3 Å². The number of ether oxygens (including phenoxy) is 1. The molecule has 0 saturated carbocycles. The van der Waals surface area contributed by atoms with Crippen LogP contribution in [0.3, 0.4) is 0 Å². The van der Waals surface area contributed by atoms with Crippen LogP contribution in [0.5, 0.6) is 5.75 Å². The van der Waals surface area contributed by atoms with Gasteiger partial charge in [-0.3, -0.25) is 24.0 Å². The van der Waals surface area contributed by atoms with E-state index in [1.807, 2.05) is 35.4 Å². The molecule has 10 nitrogen and oxygen atoms in total. The summed E-state index contributed by atoms with van der Waals surface area (Å²) in [4.78, 5) is 63.5. The summed E-state index contributed by atoms with van der Waals surface area (Å²) < 4.78 is 5.17. The molecule has 12 heteroatoms. The molecule has 0 aliphatic carbocycles. The van der Waals surface area contributed by atoms with Crippen molar-refractivity contribution in [2.24, 2.45) is 5.92 Å². The molecule has 1 heterocycles. The fourth-order valence-electron chi connectivity index (χ4n) is 4.32. The Kier molecular flexibility index (Phi) is 15.7. The largest absolute Gasteiger partial charge is 0.497 e. The van der Waals surface area contributed by atoms with Crippen LogP contribution in [0.25, 0.3) is 0 Å². The topological polar surface area (TPSA) is 143 Å². The van der Waals surface area contributed by atoms with E-state index >= 15 is 0 Å². The maximum Gasteiger partial charge on any atom is 0.289 e. The van der Waals surface area contributed by atoms with E-state index in [0.717, 1.165) is 24.8 Å². The molecule has 1 aromatic rings. The van der Waals surface area contributed by atoms with Gasteiger partial charge in [-0.05, 0) is 56.2 Å². The van der Waals surface area contributed by atoms with Crippen molar-refractivity contribution in [2.75, 3.05) is 26.0 Å². The summed E-state index contributed by atoms with van der Waals surface area (Å²) in [7, 11) is 5.37. The first-order chi connectivity index (χ1) is 19.6. The molecule has 1 saturated heterocycles. The molecule has 228 valence electrons. The van der Waals surface area contributed by atoms with Crippen LogP contribution in [0.2, 0.25) is 0 Å². The van der Waals surface area contributed by atoms with E-state index in [0.29, 0.717) is 23.8 Å². The summed E-state index contributed by atoms with van der Waals surface area (Å²) in [6.07, 6.45) is 4.80. The molecule has 41 heavy (non-hydrogen) atoms. The second-order valence-electron chi connectivity index (χ2n) is 10.4. The Morgan fingerprint density at radius 3 is 2.32 bits per heavy atom. The number of methoxy groups -OCH3 is 1. The molecule has 0 bridgehead atoms. The lowest BCUT2D eigenvalue weighted by atomic mass is 9.99. The van der Waals surface area contributed by atoms with E-state index < -0.39 is 35.6 Å². The van der Waals surface area contributed by atoms with Gasteiger partial charge in [0, 0.05) is 30.4 Å². The highest BCUT2D eigenvalue weighted by molar-refractivity contribution is 8.77. The summed E-state index contributed by atoms with van der Waals surface area (Å²) in [6.45, 7) is 5.54. The zero-order chi connectivity index (χ0) is 30.2. The number of Topliss-reactive ketones (excluding diaryl/α,β-unsaturated/α-hetero) is 1. The maximum absolute atomic E-state index is 13.3. The minimum Gasteiger partial charge on any atom is -0.497 e. The Morgan fingerprint density at radius 2 is 1.71 bits per heavy atom. The highest BCUT2D eigenvalue weighted by atomic mass is 33.1. The van der Waals surface area contributed by atoms with E-state index in [9.17, 15) is 24.0 Å². The van der Waals surface area contributed by atoms with Gasteiger partial charge in [0.05, 0.1) is 13.7 Å². The van der Waals surface area contributed by atoms with Gasteiger partial charge in [0.15, 0.2) is 0 Å². The smallest absolute Gasteiger partial charge is 0.289 e. The predicted octanol–water partition coefficient (Wildman–Crippen LogP) is 2.79. The van der Waals surface area contributed by atoms with Gasteiger partial charge in [0.1, 0.15) is 17.8 Å². The number of rotatable bonds is 18. The van der Waals surface area contributed by atoms with Crippen molar-refractivity contribution >= 4 is 51.0 Å². The molecular weight excluding hydrogens is 564 g/mol. The van der Waals surface area contributed by atoms with Crippen molar-refractivity contribution in [3.63, 3.8) is 0 Å². The minimum atomic E-state index is -1.13. The molecule has 2 rings (SSSR count). The van der Waals surface area contributed by atoms with Crippen LogP contribution in [0, 0.1) is 5.92 Å². The van der Waals surface area contributed by atoms with Gasteiger partial charge < -0.3 is 26.0 Å². The number of nitrogens with one attached hydrogen (secondary N) is 4. The highest BCUT2D eigenvalue weighted by Gasteiger charge is 2.30. The van der Waals surface area contributed by atoms with Crippen molar-refractivity contribution in [3.05, 3.63) is 29.8 Å². The van der Waals surface area contributed by atoms with Crippen molar-refractivity contribution in [1.29, 1.82) is 0 Å². The quantitative estimate of drug-likeness (QED) is 0.113. The third-order valence-corrected chi connectivity index (χ3v) is 9.51. The third-order valence-electron chi connectivity index (χ3n) is 6.51. The number of hydrogen-bond acceptors (Lipinski definition) is 8. The Labute approximate surface area is 251 Å². The van der Waals surface area contributed by atoms with E-state index in [1.165, 1.54) is 12.2 Å². The van der Waals surface area contributed by atoms with Crippen LogP contribution in [-0.2, 0) is 30.4 Å². The molecule has 1 fully saturated rings. The summed E-state index contributed by atoms with van der Waals surface area (Å²) in [5, 5.41) is 11.2. The lowest BCUT2D eigenvalue weighted by Crippen LogP contribution is -2.55. The number of benzene rings is 1. The van der Waals surface area contributed by atoms with Gasteiger partial charge in [-0.25, -0.2) is 0 Å². The molecule has 1 unspecified atom stereocenters. The SMILES string of the molecule is CCNC(=O)C(=O)[C@H](Cc1ccc(OC)cc1)NC(=O)[C@H](CC(C)C)NC(=O)CNC(=O)CCCCC1CCSS1. The van der Waals surface area contributed by atoms with Crippen LogP contribution >= 0.6 is 21.6 Å². The molecule has 0 spiro atoms. The number of hydrogen-bond donors (Lipinski definition) is 4. The lowest BCUT2D eigenvalue weighted by Gasteiger charge is -2.24. The summed E-state index contributed by atoms with van der Waals surface area (Å²) in [5.41, 5.74) is 0.724. The average Bonchev–Trinajstić information content (AvgIpc) is 3.47. The molecule has 1 aromatic carbocycles. The number of carbonyl (C=O) groups excluding carboxylic acids is 5. The standard InChI is InChI=1S/C29H44N4O6S2/c1-5-30-29(38)27(36)23(17-20-10-12-21(39-4)13-11-20)33-28(37)24(16-19(2)3)32-26(35)18-31-25(34)9-7-6-8-22-14-15-40-41-22/h10-13,19,22-24H,5-9,14-18H2,1-4H3,(H,30,38)(H,31,34)(H,32,35)(H,33,37)/t22?,23-,24-/m0/s1. The number of ketones is 1. The van der Waals surface area contributed by atoms with E-state index in [-0.39, 0.29) is 31.3 Å². The molecule has 4 amide bonds. The summed E-state index contributed by atoms with van der Waals surface area (Å²) in [6, 6.07) is 4.90. The van der Waals surface area contributed by atoms with Crippen molar-refractivity contribution in [3.8, 4) is 5.75 Å². The van der Waals surface area contributed by atoms with Gasteiger partial charge in [0.25, 0.3) is 5.91 Å². The minimum absolute atomic E-state index is 0.0520. The molecule has 1 aliphatic rings. The number of carbonyl (C=O) groups is 5. The number of likely N-dealkylation sites (N-methyl/N-ethyl adjacent to an activating group) is 1. The van der Waals surface area contributed by atoms with E-state index in [4.69, 9.17) is 4.74 Å². The maximum atomic E-state index is 13.3. The van der Waals surface area contributed by atoms with Crippen LogP contribution < -0.4 is 26.0 Å². The van der Waals surface area contributed by atoms with Gasteiger partial charge in [-0.15, -0.1) is 0 Å². The van der Waals surface area contributed by atoms with Crippen molar-refractivity contribution < 1.29 is 28.7 Å². The van der Waals surface area contributed by atoms with E-state index in [1.54, 1.807) is 38.3 Å². The Morgan fingerprint density at radius 1 is 0.976 bits per heavy atom. The molecule has 1 aliphatic heterocycles. The second kappa shape index (κ2) is 18.7. The number of unbranched alkanes of at least 4 members (excludes halogenated alkanes) is 1. The normalized spacial score (nSPS) is 16.0. The second-order valence-corrected chi connectivity index (χ2v) is 13.2. The molecule has 4 N–H and O–H groups in total. The first-order valence-corrected chi connectivity index (χ1v) is 16.6. The summed E-state index contributed by atoms with van der Waals surface area (Å²) >= 11 is 0. The molecular formula is C29H44N4O6S2. The van der Waals surface area contributed by atoms with Gasteiger partial charge in [-0.1, -0.05) is 54.0 Å². The van der Waals surface area contributed by atoms with Crippen LogP contribution in [0.4, 0.5) is 0 Å². The Balaban J connectivity index is 1.95. The van der Waals surface area contributed by atoms with Crippen molar-refractivity contribution in [2.45, 2.75) is 83.1 Å². The third kappa shape index (κ3) is 13.2.